The zero-order chi connectivity index (χ0) is 13.4. The summed E-state index contributed by atoms with van der Waals surface area (Å²) in [6.07, 6.45) is 2.63. The molecule has 1 aromatic carbocycles. The number of aromatic nitrogens is 1. The van der Waals surface area contributed by atoms with Crippen LogP contribution in [0.4, 0.5) is 0 Å². The van der Waals surface area contributed by atoms with Crippen molar-refractivity contribution in [1.29, 1.82) is 0 Å². The van der Waals surface area contributed by atoms with E-state index in [0.717, 1.165) is 33.5 Å². The van der Waals surface area contributed by atoms with Crippen LogP contribution in [-0.2, 0) is 0 Å². The number of hydrogen-bond acceptors (Lipinski definition) is 3. The molecule has 0 amide bonds. The van der Waals surface area contributed by atoms with Gasteiger partial charge in [0.1, 0.15) is 11.9 Å². The predicted molar refractivity (Wildman–Crippen MR) is 78.0 cm³/mol. The predicted octanol–water partition coefficient (Wildman–Crippen LogP) is 3.68. The Kier molecular flexibility index (Phi) is 3.29. The van der Waals surface area contributed by atoms with Gasteiger partial charge in [0.25, 0.3) is 0 Å². The first-order chi connectivity index (χ1) is 9.13. The maximum atomic E-state index is 6.25. The van der Waals surface area contributed by atoms with E-state index in [9.17, 15) is 0 Å². The molecule has 0 saturated carbocycles. The van der Waals surface area contributed by atoms with Gasteiger partial charge in [0, 0.05) is 40.0 Å². The number of halogens is 1. The molecule has 2 atom stereocenters. The van der Waals surface area contributed by atoms with Gasteiger partial charge in [-0.3, -0.25) is 4.98 Å². The van der Waals surface area contributed by atoms with Crippen molar-refractivity contribution < 1.29 is 4.74 Å². The van der Waals surface area contributed by atoms with Crippen LogP contribution in [0, 0.1) is 6.92 Å². The van der Waals surface area contributed by atoms with Crippen LogP contribution < -0.4 is 10.5 Å². The normalized spacial score (nSPS) is 21.6. The highest BCUT2D eigenvalue weighted by molar-refractivity contribution is 9.10. The zero-order valence-electron chi connectivity index (χ0n) is 10.6. The molecule has 0 spiro atoms. The smallest absolute Gasteiger partial charge is 0.127 e. The van der Waals surface area contributed by atoms with Crippen molar-refractivity contribution in [2.24, 2.45) is 5.73 Å². The van der Waals surface area contributed by atoms with Gasteiger partial charge in [-0.15, -0.1) is 0 Å². The molecule has 19 heavy (non-hydrogen) atoms. The summed E-state index contributed by atoms with van der Waals surface area (Å²) in [4.78, 5) is 4.32. The van der Waals surface area contributed by atoms with Crippen LogP contribution in [0.25, 0.3) is 0 Å². The molecule has 2 N–H and O–H groups in total. The van der Waals surface area contributed by atoms with Crippen LogP contribution in [0.5, 0.6) is 5.75 Å². The summed E-state index contributed by atoms with van der Waals surface area (Å²) in [6.45, 7) is 1.98. The Morgan fingerprint density at radius 2 is 2.16 bits per heavy atom. The molecule has 1 unspecified atom stereocenters. The van der Waals surface area contributed by atoms with E-state index >= 15 is 0 Å². The number of rotatable bonds is 1. The molecule has 98 valence electrons. The zero-order valence-corrected chi connectivity index (χ0v) is 12.2. The van der Waals surface area contributed by atoms with Crippen molar-refractivity contribution in [3.8, 4) is 5.75 Å². The van der Waals surface area contributed by atoms with E-state index < -0.39 is 0 Å². The Bertz CT molecular complexity index is 598. The molecule has 1 aromatic heterocycles. The van der Waals surface area contributed by atoms with Gasteiger partial charge in [-0.05, 0) is 31.2 Å². The Balaban J connectivity index is 1.92. The maximum absolute atomic E-state index is 6.25. The third-order valence-electron chi connectivity index (χ3n) is 3.41. The second-order valence-corrected chi connectivity index (χ2v) is 5.78. The van der Waals surface area contributed by atoms with Crippen LogP contribution in [0.15, 0.2) is 41.0 Å². The highest BCUT2D eigenvalue weighted by atomic mass is 79.9. The lowest BCUT2D eigenvalue weighted by Crippen LogP contribution is -2.24. The number of pyridine rings is 1. The van der Waals surface area contributed by atoms with E-state index in [0.29, 0.717) is 0 Å². The fourth-order valence-electron chi connectivity index (χ4n) is 2.35. The summed E-state index contributed by atoms with van der Waals surface area (Å²) >= 11 is 3.46. The molecule has 0 aliphatic carbocycles. The maximum Gasteiger partial charge on any atom is 0.127 e. The second kappa shape index (κ2) is 4.94. The summed E-state index contributed by atoms with van der Waals surface area (Å²) in [7, 11) is 0. The summed E-state index contributed by atoms with van der Waals surface area (Å²) in [5, 5.41) is 0. The molecule has 1 aliphatic rings. The van der Waals surface area contributed by atoms with Crippen molar-refractivity contribution in [3.05, 3.63) is 57.8 Å². The molecule has 3 nitrogen and oxygen atoms in total. The fourth-order valence-corrected chi connectivity index (χ4v) is 2.73. The molecular formula is C15H15BrN2O. The van der Waals surface area contributed by atoms with Crippen LogP contribution in [0.3, 0.4) is 0 Å². The first kappa shape index (κ1) is 12.6. The quantitative estimate of drug-likeness (QED) is 0.872. The van der Waals surface area contributed by atoms with E-state index in [4.69, 9.17) is 10.5 Å². The molecule has 3 rings (SSSR count). The SMILES string of the molecule is Cc1ccc(C2C[C@@H](N)c3cc(Br)ccc3O2)cn1. The van der Waals surface area contributed by atoms with Gasteiger partial charge < -0.3 is 10.5 Å². The summed E-state index contributed by atoms with van der Waals surface area (Å²) < 4.78 is 7.07. The molecule has 0 saturated heterocycles. The van der Waals surface area contributed by atoms with Crippen molar-refractivity contribution in [2.45, 2.75) is 25.5 Å². The lowest BCUT2D eigenvalue weighted by molar-refractivity contribution is 0.161. The van der Waals surface area contributed by atoms with Gasteiger partial charge in [0.15, 0.2) is 0 Å². The van der Waals surface area contributed by atoms with Crippen molar-refractivity contribution >= 4 is 15.9 Å². The van der Waals surface area contributed by atoms with Crippen LogP contribution >= 0.6 is 15.9 Å². The summed E-state index contributed by atoms with van der Waals surface area (Å²) in [5.41, 5.74) is 9.40. The molecule has 0 fully saturated rings. The van der Waals surface area contributed by atoms with E-state index in [1.807, 2.05) is 37.4 Å². The first-order valence-corrected chi connectivity index (χ1v) is 7.07. The minimum Gasteiger partial charge on any atom is -0.485 e. The largest absolute Gasteiger partial charge is 0.485 e. The van der Waals surface area contributed by atoms with Crippen molar-refractivity contribution in [1.82, 2.24) is 4.98 Å². The molecule has 1 aliphatic heterocycles. The molecule has 2 aromatic rings. The van der Waals surface area contributed by atoms with Gasteiger partial charge in [-0.1, -0.05) is 22.0 Å². The number of nitrogens with two attached hydrogens (primary N) is 1. The van der Waals surface area contributed by atoms with Gasteiger partial charge in [0.2, 0.25) is 0 Å². The third kappa shape index (κ3) is 2.51. The van der Waals surface area contributed by atoms with Gasteiger partial charge >= 0.3 is 0 Å². The number of fused-ring (bicyclic) bond motifs is 1. The Morgan fingerprint density at radius 1 is 1.32 bits per heavy atom. The Hall–Kier alpha value is -1.39. The average molecular weight is 319 g/mol. The molecule has 0 radical (unpaired) electrons. The topological polar surface area (TPSA) is 48.1 Å². The number of aryl methyl sites for hydroxylation is 1. The molecule has 2 heterocycles. The Labute approximate surface area is 120 Å². The minimum atomic E-state index is -0.0169. The number of hydrogen-bond donors (Lipinski definition) is 1. The van der Waals surface area contributed by atoms with E-state index in [2.05, 4.69) is 27.0 Å². The molecule has 0 bridgehead atoms. The monoisotopic (exact) mass is 318 g/mol. The van der Waals surface area contributed by atoms with E-state index in [1.165, 1.54) is 0 Å². The fraction of sp³-hybridized carbons (Fsp3) is 0.267. The highest BCUT2D eigenvalue weighted by Crippen LogP contribution is 2.40. The summed E-state index contributed by atoms with van der Waals surface area (Å²) in [6, 6.07) is 10.0. The van der Waals surface area contributed by atoms with Gasteiger partial charge in [-0.25, -0.2) is 0 Å². The number of ether oxygens (including phenoxy) is 1. The van der Waals surface area contributed by atoms with Gasteiger partial charge in [-0.2, -0.15) is 0 Å². The van der Waals surface area contributed by atoms with E-state index in [1.54, 1.807) is 0 Å². The molecular weight excluding hydrogens is 304 g/mol. The van der Waals surface area contributed by atoms with Crippen molar-refractivity contribution in [2.75, 3.05) is 0 Å². The minimum absolute atomic E-state index is 0.00690. The van der Waals surface area contributed by atoms with Crippen molar-refractivity contribution in [3.63, 3.8) is 0 Å². The van der Waals surface area contributed by atoms with Crippen LogP contribution in [0.1, 0.15) is 35.4 Å². The lowest BCUT2D eigenvalue weighted by atomic mass is 9.94. The number of benzene rings is 1. The van der Waals surface area contributed by atoms with Crippen LogP contribution in [-0.4, -0.2) is 4.98 Å². The standard InChI is InChI=1S/C15H15BrN2O/c1-9-2-3-10(8-18-9)15-7-13(17)12-6-11(16)4-5-14(12)19-15/h2-6,8,13,15H,7,17H2,1H3/t13-,15?/m1/s1. The first-order valence-electron chi connectivity index (χ1n) is 6.28. The lowest BCUT2D eigenvalue weighted by Gasteiger charge is -2.30. The Morgan fingerprint density at radius 3 is 2.89 bits per heavy atom. The highest BCUT2D eigenvalue weighted by Gasteiger charge is 2.27. The van der Waals surface area contributed by atoms with Gasteiger partial charge in [0.05, 0.1) is 0 Å². The number of nitrogens with zero attached hydrogens (tertiary/aromatic N) is 1. The average Bonchev–Trinajstić information content (AvgIpc) is 2.40. The summed E-state index contributed by atoms with van der Waals surface area (Å²) in [5.74, 6) is 0.868. The van der Waals surface area contributed by atoms with Crippen LogP contribution in [0.2, 0.25) is 0 Å². The van der Waals surface area contributed by atoms with E-state index in [-0.39, 0.29) is 12.1 Å². The molecule has 4 heteroatoms. The second-order valence-electron chi connectivity index (χ2n) is 4.86. The third-order valence-corrected chi connectivity index (χ3v) is 3.91.